The lowest BCUT2D eigenvalue weighted by molar-refractivity contribution is 0.603. The van der Waals surface area contributed by atoms with E-state index in [0.717, 1.165) is 24.3 Å². The molecule has 1 unspecified atom stereocenters. The fraction of sp³-hybridized carbons (Fsp3) is 0.909. The molecule has 0 rings (SSSR count). The number of thioether (sulfide) groups is 1. The summed E-state index contributed by atoms with van der Waals surface area (Å²) in [4.78, 5) is 0. The third kappa shape index (κ3) is 14.0. The zero-order valence-electron chi connectivity index (χ0n) is 9.54. The lowest BCUT2D eigenvalue weighted by atomic mass is 10.1. The molecule has 0 N–H and O–H groups in total. The minimum absolute atomic E-state index is 0.612. The maximum atomic E-state index is 10.8. The molecule has 0 saturated carbocycles. The summed E-state index contributed by atoms with van der Waals surface area (Å²) in [6.07, 6.45) is 10.3. The van der Waals surface area contributed by atoms with Gasteiger partial charge in [-0.3, -0.25) is 4.21 Å². The van der Waals surface area contributed by atoms with Crippen LogP contribution < -0.4 is 0 Å². The Morgan fingerprint density at radius 2 is 1.60 bits per heavy atom. The maximum Gasteiger partial charge on any atom is 0.133 e. The van der Waals surface area contributed by atoms with Gasteiger partial charge in [-0.2, -0.15) is 5.26 Å². The van der Waals surface area contributed by atoms with Crippen LogP contribution in [0.15, 0.2) is 0 Å². The van der Waals surface area contributed by atoms with E-state index >= 15 is 0 Å². The van der Waals surface area contributed by atoms with E-state index in [9.17, 15) is 4.21 Å². The second-order valence-electron chi connectivity index (χ2n) is 3.69. The Hall–Kier alpha value is -0.0100. The third-order valence-electron chi connectivity index (χ3n) is 2.24. The van der Waals surface area contributed by atoms with Crippen LogP contribution in [0.1, 0.15) is 44.9 Å². The van der Waals surface area contributed by atoms with Crippen molar-refractivity contribution in [3.8, 4) is 5.40 Å². The van der Waals surface area contributed by atoms with Gasteiger partial charge in [0.25, 0.3) is 0 Å². The molecule has 15 heavy (non-hydrogen) atoms. The fourth-order valence-electron chi connectivity index (χ4n) is 1.41. The Kier molecular flexibility index (Phi) is 12.1. The molecule has 0 saturated heterocycles. The molecule has 0 aromatic rings. The van der Waals surface area contributed by atoms with Gasteiger partial charge in [0.2, 0.25) is 0 Å². The molecule has 0 amide bonds. The van der Waals surface area contributed by atoms with Crippen molar-refractivity contribution in [3.63, 3.8) is 0 Å². The topological polar surface area (TPSA) is 40.9 Å². The molecular formula is C11H21NOS2. The number of unbranched alkanes of at least 4 members (excludes halogenated alkanes) is 6. The molecular weight excluding hydrogens is 226 g/mol. The molecule has 1 atom stereocenters. The standard InChI is InChI=1S/C11H21NOS2/c1-15(13)10-8-6-4-2-3-5-7-9-14-11-12/h2-10H2,1H3. The van der Waals surface area contributed by atoms with E-state index in [1.165, 1.54) is 43.9 Å². The van der Waals surface area contributed by atoms with Crippen molar-refractivity contribution in [1.29, 1.82) is 5.26 Å². The van der Waals surface area contributed by atoms with Gasteiger partial charge >= 0.3 is 0 Å². The number of hydrogen-bond donors (Lipinski definition) is 0. The smallest absolute Gasteiger partial charge is 0.133 e. The number of hydrogen-bond acceptors (Lipinski definition) is 3. The average molecular weight is 247 g/mol. The van der Waals surface area contributed by atoms with Gasteiger partial charge in [0.05, 0.1) is 0 Å². The first-order valence-electron chi connectivity index (χ1n) is 5.58. The van der Waals surface area contributed by atoms with Gasteiger partial charge in [-0.1, -0.05) is 32.1 Å². The van der Waals surface area contributed by atoms with E-state index in [2.05, 4.69) is 5.40 Å². The van der Waals surface area contributed by atoms with E-state index in [1.807, 2.05) is 0 Å². The van der Waals surface area contributed by atoms with E-state index in [0.29, 0.717) is 0 Å². The Morgan fingerprint density at radius 1 is 1.07 bits per heavy atom. The normalized spacial score (nSPS) is 12.3. The van der Waals surface area contributed by atoms with Crippen LogP contribution in [-0.4, -0.2) is 22.0 Å². The van der Waals surface area contributed by atoms with Gasteiger partial charge in [0, 0.05) is 28.6 Å². The molecule has 0 aromatic heterocycles. The van der Waals surface area contributed by atoms with Crippen LogP contribution in [0.5, 0.6) is 0 Å². The predicted molar refractivity (Wildman–Crippen MR) is 69.3 cm³/mol. The van der Waals surface area contributed by atoms with Crippen molar-refractivity contribution in [2.24, 2.45) is 0 Å². The summed E-state index contributed by atoms with van der Waals surface area (Å²) in [6, 6.07) is 0. The quantitative estimate of drug-likeness (QED) is 0.439. The second kappa shape index (κ2) is 12.1. The molecule has 0 spiro atoms. The van der Waals surface area contributed by atoms with E-state index in [-0.39, 0.29) is 0 Å². The van der Waals surface area contributed by atoms with Gasteiger partial charge < -0.3 is 0 Å². The van der Waals surface area contributed by atoms with Gasteiger partial charge in [0.1, 0.15) is 5.40 Å². The Bertz CT molecular complexity index is 201. The van der Waals surface area contributed by atoms with E-state index in [4.69, 9.17) is 5.26 Å². The highest BCUT2D eigenvalue weighted by Gasteiger charge is 1.94. The summed E-state index contributed by atoms with van der Waals surface area (Å²) in [5.41, 5.74) is 0. The second-order valence-corrected chi connectivity index (χ2v) is 6.13. The van der Waals surface area contributed by atoms with Gasteiger partial charge in [-0.15, -0.1) is 0 Å². The summed E-state index contributed by atoms with van der Waals surface area (Å²) in [7, 11) is -0.612. The van der Waals surface area contributed by atoms with E-state index in [1.54, 1.807) is 6.26 Å². The molecule has 0 aliphatic rings. The van der Waals surface area contributed by atoms with Crippen molar-refractivity contribution in [1.82, 2.24) is 0 Å². The summed E-state index contributed by atoms with van der Waals surface area (Å²) in [6.45, 7) is 0. The monoisotopic (exact) mass is 247 g/mol. The first-order valence-corrected chi connectivity index (χ1v) is 8.29. The molecule has 0 radical (unpaired) electrons. The summed E-state index contributed by atoms with van der Waals surface area (Å²) < 4.78 is 10.8. The zero-order valence-corrected chi connectivity index (χ0v) is 11.2. The molecule has 88 valence electrons. The van der Waals surface area contributed by atoms with Crippen LogP contribution in [0.3, 0.4) is 0 Å². The van der Waals surface area contributed by atoms with Crippen LogP contribution in [0.2, 0.25) is 0 Å². The number of rotatable bonds is 10. The van der Waals surface area contributed by atoms with Crippen molar-refractivity contribution in [2.75, 3.05) is 17.8 Å². The van der Waals surface area contributed by atoms with Gasteiger partial charge in [-0.05, 0) is 24.6 Å². The summed E-state index contributed by atoms with van der Waals surface area (Å²) in [5.74, 6) is 1.84. The molecule has 0 bridgehead atoms. The first kappa shape index (κ1) is 15.0. The highest BCUT2D eigenvalue weighted by Crippen LogP contribution is 2.09. The molecule has 0 aliphatic heterocycles. The summed E-state index contributed by atoms with van der Waals surface area (Å²) in [5, 5.41) is 10.4. The molecule has 0 fully saturated rings. The number of nitrogens with zero attached hydrogens (tertiary/aromatic N) is 1. The first-order chi connectivity index (χ1) is 7.27. The van der Waals surface area contributed by atoms with Crippen LogP contribution in [0.4, 0.5) is 0 Å². The minimum atomic E-state index is -0.612. The zero-order chi connectivity index (χ0) is 11.4. The SMILES string of the molecule is CS(=O)CCCCCCCCCSC#N. The Balaban J connectivity index is 2.93. The van der Waals surface area contributed by atoms with Gasteiger partial charge in [-0.25, -0.2) is 0 Å². The van der Waals surface area contributed by atoms with Crippen molar-refractivity contribution in [2.45, 2.75) is 44.9 Å². The van der Waals surface area contributed by atoms with Crippen molar-refractivity contribution >= 4 is 22.6 Å². The molecule has 2 nitrogen and oxygen atoms in total. The van der Waals surface area contributed by atoms with Gasteiger partial charge in [0.15, 0.2) is 0 Å². The third-order valence-corrected chi connectivity index (χ3v) is 3.73. The number of thiocyanates is 1. The molecule has 0 heterocycles. The van der Waals surface area contributed by atoms with Crippen LogP contribution in [-0.2, 0) is 10.8 Å². The van der Waals surface area contributed by atoms with Crippen LogP contribution >= 0.6 is 11.8 Å². The average Bonchev–Trinajstić information content (AvgIpc) is 2.20. The predicted octanol–water partition coefficient (Wildman–Crippen LogP) is 3.31. The summed E-state index contributed by atoms with van der Waals surface area (Å²) >= 11 is 1.35. The maximum absolute atomic E-state index is 10.8. The van der Waals surface area contributed by atoms with Crippen molar-refractivity contribution in [3.05, 3.63) is 0 Å². The molecule has 0 aliphatic carbocycles. The van der Waals surface area contributed by atoms with Crippen molar-refractivity contribution < 1.29 is 4.21 Å². The minimum Gasteiger partial charge on any atom is -0.260 e. The largest absolute Gasteiger partial charge is 0.260 e. The molecule has 0 aromatic carbocycles. The fourth-order valence-corrected chi connectivity index (χ4v) is 2.46. The lowest BCUT2D eigenvalue weighted by Gasteiger charge is -2.00. The highest BCUT2D eigenvalue weighted by molar-refractivity contribution is 8.03. The van der Waals surface area contributed by atoms with E-state index < -0.39 is 10.8 Å². The highest BCUT2D eigenvalue weighted by atomic mass is 32.2. The molecule has 4 heteroatoms. The number of nitriles is 1. The van der Waals surface area contributed by atoms with Crippen LogP contribution in [0.25, 0.3) is 0 Å². The lowest BCUT2D eigenvalue weighted by Crippen LogP contribution is -1.93. The van der Waals surface area contributed by atoms with Crippen LogP contribution in [0, 0.1) is 10.7 Å². The Morgan fingerprint density at radius 3 is 2.13 bits per heavy atom. The Labute approximate surface area is 100 Å².